The lowest BCUT2D eigenvalue weighted by molar-refractivity contribution is 0.590. The van der Waals surface area contributed by atoms with Crippen LogP contribution in [0.25, 0.3) is 0 Å². The smallest absolute Gasteiger partial charge is 0.0415 e. The van der Waals surface area contributed by atoms with Gasteiger partial charge in [-0.3, -0.25) is 0 Å². The van der Waals surface area contributed by atoms with Crippen molar-refractivity contribution in [2.45, 2.75) is 130 Å². The number of hydrogen-bond acceptors (Lipinski definition) is 0. The number of hydrogen-bond donors (Lipinski definition) is 0. The largest absolute Gasteiger partial charge is 0.0613 e. The maximum Gasteiger partial charge on any atom is 0.0415 e. The minimum absolute atomic E-state index is 0.0722. The van der Waals surface area contributed by atoms with Gasteiger partial charge in [0.2, 0.25) is 0 Å². The van der Waals surface area contributed by atoms with E-state index in [9.17, 15) is 0 Å². The van der Waals surface area contributed by atoms with Crippen molar-refractivity contribution in [2.75, 3.05) is 0 Å². The highest BCUT2D eigenvalue weighted by Crippen LogP contribution is 2.31. The summed E-state index contributed by atoms with van der Waals surface area (Å²) in [5, 5.41) is 0. The average Bonchev–Trinajstić information content (AvgIpc) is 3.31. The monoisotopic (exact) mass is 924 g/mol. The Bertz CT molecular complexity index is 3300. The zero-order valence-corrected chi connectivity index (χ0v) is 44.1. The molecule has 0 N–H and O–H groups in total. The van der Waals surface area contributed by atoms with Crippen LogP contribution >= 0.6 is 0 Å². The van der Waals surface area contributed by atoms with Crippen LogP contribution in [0, 0.1) is 94.7 Å². The van der Waals surface area contributed by atoms with Crippen molar-refractivity contribution >= 4 is 0 Å². The molecule has 0 atom stereocenters. The molecule has 0 heteroatoms. The van der Waals surface area contributed by atoms with Gasteiger partial charge in [-0.2, -0.15) is 0 Å². The van der Waals surface area contributed by atoms with Gasteiger partial charge in [0.1, 0.15) is 0 Å². The average molecular weight is 925 g/mol. The molecule has 6 aromatic rings. The molecule has 0 amide bonds. The second-order valence-corrected chi connectivity index (χ2v) is 23.4. The Morgan fingerprint density at radius 2 is 0.417 bits per heavy atom. The summed E-state index contributed by atoms with van der Waals surface area (Å²) in [6, 6.07) is 35.1. The summed E-state index contributed by atoms with van der Waals surface area (Å²) in [6.07, 6.45) is 2.87. The molecule has 8 bridgehead atoms. The molecule has 348 valence electrons. The molecule has 0 aliphatic heterocycles. The van der Waals surface area contributed by atoms with Crippen LogP contribution in [0.15, 0.2) is 97.1 Å². The molecule has 0 spiro atoms. The van der Waals surface area contributed by atoms with Crippen LogP contribution in [0.3, 0.4) is 0 Å². The minimum atomic E-state index is -0.0722. The summed E-state index contributed by atoms with van der Waals surface area (Å²) in [6.45, 7) is 26.7. The summed E-state index contributed by atoms with van der Waals surface area (Å²) >= 11 is 0. The molecule has 0 unspecified atom stereocenters. The second kappa shape index (κ2) is 19.2. The third-order valence-electron chi connectivity index (χ3n) is 13.8. The number of rotatable bonds is 0. The van der Waals surface area contributed by atoms with Gasteiger partial charge in [-0.05, 0) is 188 Å². The fourth-order valence-electron chi connectivity index (χ4n) is 9.04. The fourth-order valence-corrected chi connectivity index (χ4v) is 9.04. The van der Waals surface area contributed by atoms with Crippen molar-refractivity contribution in [3.63, 3.8) is 0 Å². The van der Waals surface area contributed by atoms with Gasteiger partial charge in [0.25, 0.3) is 0 Å². The molecule has 0 saturated heterocycles. The molecule has 6 aromatic carbocycles. The predicted molar refractivity (Wildman–Crippen MR) is 300 cm³/mol. The molecule has 0 heterocycles. The first kappa shape index (κ1) is 48.8. The molecule has 0 saturated carbocycles. The van der Waals surface area contributed by atoms with E-state index in [1.165, 1.54) is 22.3 Å². The van der Waals surface area contributed by atoms with Gasteiger partial charge in [-0.15, -0.1) is 0 Å². The lowest BCUT2D eigenvalue weighted by Gasteiger charge is -2.19. The normalized spacial score (nSPS) is 13.1. The van der Waals surface area contributed by atoms with E-state index in [1.807, 2.05) is 0 Å². The van der Waals surface area contributed by atoms with Crippen LogP contribution in [0.5, 0.6) is 0 Å². The first-order valence-corrected chi connectivity index (χ1v) is 25.2. The van der Waals surface area contributed by atoms with Crippen molar-refractivity contribution in [1.29, 1.82) is 0 Å². The highest BCUT2D eigenvalue weighted by molar-refractivity contribution is 5.65. The van der Waals surface area contributed by atoms with Gasteiger partial charge in [0, 0.05) is 66.8 Å². The maximum atomic E-state index is 3.68. The van der Waals surface area contributed by atoms with Crippen molar-refractivity contribution < 1.29 is 0 Å². The number of aryl methyl sites for hydroxylation is 4. The minimum Gasteiger partial charge on any atom is -0.0613 e. The van der Waals surface area contributed by atoms with Gasteiger partial charge in [0.15, 0.2) is 0 Å². The Morgan fingerprint density at radius 1 is 0.222 bits per heavy atom. The highest BCUT2D eigenvalue weighted by atomic mass is 14.2. The summed E-state index contributed by atoms with van der Waals surface area (Å²) < 4.78 is 0. The van der Waals surface area contributed by atoms with Crippen LogP contribution in [0.2, 0.25) is 0 Å². The van der Waals surface area contributed by atoms with Gasteiger partial charge in [-0.1, -0.05) is 178 Å². The van der Waals surface area contributed by atoms with E-state index < -0.39 is 0 Å². The molecular weight excluding hydrogens is 865 g/mol. The number of fused-ring (bicyclic) bond motifs is 2. The zero-order valence-electron chi connectivity index (χ0n) is 44.1. The Morgan fingerprint density at radius 3 is 0.611 bits per heavy atom. The molecule has 8 aliphatic carbocycles. The van der Waals surface area contributed by atoms with Gasteiger partial charge in [0.05, 0.1) is 0 Å². The van der Waals surface area contributed by atoms with E-state index in [4.69, 9.17) is 0 Å². The Hall–Kier alpha value is -8.20. The Balaban J connectivity index is 1.34. The molecule has 0 nitrogen and oxygen atoms in total. The summed E-state index contributed by atoms with van der Waals surface area (Å²) in [4.78, 5) is 0. The van der Waals surface area contributed by atoms with E-state index in [-0.39, 0.29) is 21.7 Å². The van der Waals surface area contributed by atoms with Crippen LogP contribution in [-0.4, -0.2) is 0 Å². The maximum absolute atomic E-state index is 3.68. The standard InChI is InChI=1S/C72H60/c1-69(2,3)65-37-33-49-21-25-57-41-62-31-32-64-44-60-28-24-52-36-40-68(72(10,11)12)48-56(52)20-16-15-19-55-47-67(71(7,8)9)39-35-51(55)23-27-58(62)42-61(57)29-30-63(60)43-59(64)26-22-50-34-38-66(70(4,5)6)46-54(50)18-14-13-17-53(49)45-65/h33-48H,29-32H2,1-12H3. The second-order valence-electron chi connectivity index (χ2n) is 23.4. The molecule has 0 aromatic heterocycles. The third-order valence-corrected chi connectivity index (χ3v) is 13.8. The molecule has 0 radical (unpaired) electrons. The molecule has 0 fully saturated rings. The summed E-state index contributed by atoms with van der Waals surface area (Å²) in [5.74, 6) is 55.8. The van der Waals surface area contributed by atoms with Crippen molar-refractivity contribution in [3.8, 4) is 94.7 Å². The Labute approximate surface area is 431 Å². The van der Waals surface area contributed by atoms with Crippen LogP contribution in [-0.2, 0) is 47.3 Å². The highest BCUT2D eigenvalue weighted by Gasteiger charge is 2.20. The Kier molecular flexibility index (Phi) is 13.0. The van der Waals surface area contributed by atoms with Gasteiger partial charge >= 0.3 is 0 Å². The van der Waals surface area contributed by atoms with E-state index in [2.05, 4.69) is 275 Å². The first-order valence-electron chi connectivity index (χ1n) is 25.2. The SMILES string of the molecule is CC(C)(C)c1ccc2c(c1)C#CC#Cc1cc(C(C)(C)C)ccc1C#Cc1cc3c4cc1CCc1cc(c(cc1C#Cc1ccc(C(C)(C)C)cc1C#CC#Cc1cc(C(C)(C)C)ccc1C#C4)CC3)C#C2. The lowest BCUT2D eigenvalue weighted by Crippen LogP contribution is -2.11. The van der Waals surface area contributed by atoms with Crippen molar-refractivity contribution in [2.24, 2.45) is 0 Å². The predicted octanol–water partition coefficient (Wildman–Crippen LogP) is 13.8. The molecule has 8 aliphatic rings. The molecular formula is C72H60. The van der Waals surface area contributed by atoms with E-state index >= 15 is 0 Å². The summed E-state index contributed by atoms with van der Waals surface area (Å²) in [5.41, 5.74) is 19.9. The van der Waals surface area contributed by atoms with Gasteiger partial charge in [-0.25, -0.2) is 0 Å². The van der Waals surface area contributed by atoms with E-state index in [0.717, 1.165) is 115 Å². The van der Waals surface area contributed by atoms with Crippen LogP contribution in [0.4, 0.5) is 0 Å². The molecule has 72 heavy (non-hydrogen) atoms. The van der Waals surface area contributed by atoms with Crippen LogP contribution in [0.1, 0.15) is 194 Å². The van der Waals surface area contributed by atoms with E-state index in [0.29, 0.717) is 0 Å². The van der Waals surface area contributed by atoms with Crippen molar-refractivity contribution in [3.05, 3.63) is 208 Å². The van der Waals surface area contributed by atoms with Gasteiger partial charge < -0.3 is 0 Å². The quantitative estimate of drug-likeness (QED) is 0.133. The topological polar surface area (TPSA) is 0 Å². The fraction of sp³-hybridized carbons (Fsp3) is 0.278. The third kappa shape index (κ3) is 11.0. The summed E-state index contributed by atoms with van der Waals surface area (Å²) in [7, 11) is 0. The first-order chi connectivity index (χ1) is 34.2. The molecule has 14 rings (SSSR count). The zero-order chi connectivity index (χ0) is 51.0. The number of benzene rings is 6. The lowest BCUT2D eigenvalue weighted by atomic mass is 9.85. The van der Waals surface area contributed by atoms with E-state index in [1.54, 1.807) is 0 Å². The van der Waals surface area contributed by atoms with Crippen LogP contribution < -0.4 is 0 Å². The van der Waals surface area contributed by atoms with Crippen molar-refractivity contribution in [1.82, 2.24) is 0 Å².